The smallest absolute Gasteiger partial charge is 0.261 e. The normalized spacial score (nSPS) is 18.9. The number of hydrogen-bond acceptors (Lipinski definition) is 2. The van der Waals surface area contributed by atoms with E-state index in [2.05, 4.69) is 5.32 Å². The molecule has 18 heavy (non-hydrogen) atoms. The number of hydrogen-bond donors (Lipinski definition) is 1. The van der Waals surface area contributed by atoms with Crippen LogP contribution in [0.1, 0.15) is 25.3 Å². The van der Waals surface area contributed by atoms with Crippen molar-refractivity contribution in [3.8, 4) is 5.75 Å². The maximum atomic E-state index is 12.0. The molecule has 0 spiro atoms. The third-order valence-corrected chi connectivity index (χ3v) is 3.37. The fourth-order valence-electron chi connectivity index (χ4n) is 2.12. The van der Waals surface area contributed by atoms with Crippen LogP contribution in [0.25, 0.3) is 0 Å². The molecule has 1 aromatic carbocycles. The number of ether oxygens (including phenoxy) is 1. The molecule has 1 heterocycles. The van der Waals surface area contributed by atoms with Crippen LogP contribution in [0.15, 0.2) is 24.3 Å². The van der Waals surface area contributed by atoms with Crippen LogP contribution >= 0.6 is 11.6 Å². The summed E-state index contributed by atoms with van der Waals surface area (Å²) in [6.07, 6.45) is 2.08. The maximum Gasteiger partial charge on any atom is 0.261 e. The van der Waals surface area contributed by atoms with Gasteiger partial charge in [-0.2, -0.15) is 0 Å². The van der Waals surface area contributed by atoms with E-state index in [1.807, 2.05) is 31.2 Å². The van der Waals surface area contributed by atoms with Gasteiger partial charge >= 0.3 is 0 Å². The molecule has 2 unspecified atom stereocenters. The van der Waals surface area contributed by atoms with Gasteiger partial charge in [0, 0.05) is 18.3 Å². The van der Waals surface area contributed by atoms with Crippen molar-refractivity contribution in [1.29, 1.82) is 0 Å². The van der Waals surface area contributed by atoms with Crippen molar-refractivity contribution in [2.45, 2.75) is 38.3 Å². The van der Waals surface area contributed by atoms with Crippen LogP contribution in [0.4, 0.5) is 0 Å². The highest BCUT2D eigenvalue weighted by atomic mass is 35.5. The van der Waals surface area contributed by atoms with Gasteiger partial charge in [-0.25, -0.2) is 0 Å². The van der Waals surface area contributed by atoms with Gasteiger partial charge in [-0.1, -0.05) is 18.2 Å². The van der Waals surface area contributed by atoms with Gasteiger partial charge in [0.05, 0.1) is 0 Å². The van der Waals surface area contributed by atoms with Crippen LogP contribution in [0.5, 0.6) is 5.75 Å². The summed E-state index contributed by atoms with van der Waals surface area (Å²) in [6.45, 7) is 1.99. The summed E-state index contributed by atoms with van der Waals surface area (Å²) in [5, 5.41) is 2.97. The van der Waals surface area contributed by atoms with E-state index in [0.29, 0.717) is 12.3 Å². The average molecular weight is 268 g/mol. The minimum Gasteiger partial charge on any atom is -0.480 e. The summed E-state index contributed by atoms with van der Waals surface area (Å²) in [4.78, 5) is 12.0. The minimum absolute atomic E-state index is 0.0340. The Balaban J connectivity index is 1.85. The zero-order valence-electron chi connectivity index (χ0n) is 10.5. The molecule has 0 aromatic heterocycles. The fourth-order valence-corrected chi connectivity index (χ4v) is 2.27. The van der Waals surface area contributed by atoms with Gasteiger partial charge < -0.3 is 10.1 Å². The molecule has 3 nitrogen and oxygen atoms in total. The molecule has 0 saturated heterocycles. The molecule has 2 atom stereocenters. The Morgan fingerprint density at radius 2 is 2.33 bits per heavy atom. The number of rotatable bonds is 5. The van der Waals surface area contributed by atoms with Gasteiger partial charge in [-0.15, -0.1) is 11.6 Å². The largest absolute Gasteiger partial charge is 0.480 e. The molecule has 0 bridgehead atoms. The monoisotopic (exact) mass is 267 g/mol. The van der Waals surface area contributed by atoms with Crippen molar-refractivity contribution < 1.29 is 9.53 Å². The Hall–Kier alpha value is -1.22. The zero-order valence-corrected chi connectivity index (χ0v) is 11.2. The summed E-state index contributed by atoms with van der Waals surface area (Å²) < 4.78 is 5.64. The molecule has 1 amide bonds. The lowest BCUT2D eigenvalue weighted by molar-refractivity contribution is -0.127. The molecule has 98 valence electrons. The number of amides is 1. The lowest BCUT2D eigenvalue weighted by Gasteiger charge is -2.16. The molecular weight excluding hydrogens is 250 g/mol. The van der Waals surface area contributed by atoms with Crippen molar-refractivity contribution in [2.24, 2.45) is 0 Å². The van der Waals surface area contributed by atoms with E-state index in [1.54, 1.807) is 0 Å². The highest BCUT2D eigenvalue weighted by molar-refractivity contribution is 6.17. The van der Waals surface area contributed by atoms with Crippen LogP contribution < -0.4 is 10.1 Å². The van der Waals surface area contributed by atoms with Crippen LogP contribution in [-0.4, -0.2) is 23.9 Å². The standard InChI is InChI=1S/C14H18ClNO2/c1-10(5-4-8-15)16-14(17)13-9-11-6-2-3-7-12(11)18-13/h2-3,6-7,10,13H,4-5,8-9H2,1H3,(H,16,17). The molecule has 0 fully saturated rings. The Kier molecular flexibility index (Phi) is 4.48. The lowest BCUT2D eigenvalue weighted by Crippen LogP contribution is -2.42. The summed E-state index contributed by atoms with van der Waals surface area (Å²) in [5.41, 5.74) is 1.10. The first-order valence-electron chi connectivity index (χ1n) is 6.31. The molecule has 0 aliphatic carbocycles. The molecule has 1 aliphatic rings. The van der Waals surface area contributed by atoms with Crippen LogP contribution in [0.2, 0.25) is 0 Å². The first-order valence-corrected chi connectivity index (χ1v) is 6.85. The quantitative estimate of drug-likeness (QED) is 0.833. The summed E-state index contributed by atoms with van der Waals surface area (Å²) in [6, 6.07) is 7.93. The molecule has 1 aliphatic heterocycles. The van der Waals surface area contributed by atoms with E-state index in [-0.39, 0.29) is 18.1 Å². The van der Waals surface area contributed by atoms with Crippen molar-refractivity contribution in [3.63, 3.8) is 0 Å². The fraction of sp³-hybridized carbons (Fsp3) is 0.500. The maximum absolute atomic E-state index is 12.0. The number of nitrogens with one attached hydrogen (secondary N) is 1. The van der Waals surface area contributed by atoms with Gasteiger partial charge in [0.1, 0.15) is 5.75 Å². The Labute approximate surface area is 112 Å². The second-order valence-electron chi connectivity index (χ2n) is 4.66. The summed E-state index contributed by atoms with van der Waals surface area (Å²) >= 11 is 5.63. The first-order chi connectivity index (χ1) is 8.70. The molecular formula is C14H18ClNO2. The minimum atomic E-state index is -0.388. The van der Waals surface area contributed by atoms with E-state index >= 15 is 0 Å². The highest BCUT2D eigenvalue weighted by Gasteiger charge is 2.29. The number of para-hydroxylation sites is 1. The number of alkyl halides is 1. The molecule has 0 radical (unpaired) electrons. The zero-order chi connectivity index (χ0) is 13.0. The molecule has 0 saturated carbocycles. The molecule has 1 aromatic rings. The number of halogens is 1. The first kappa shape index (κ1) is 13.2. The van der Waals surface area contributed by atoms with Crippen molar-refractivity contribution in [3.05, 3.63) is 29.8 Å². The van der Waals surface area contributed by atoms with Gasteiger partial charge in [-0.3, -0.25) is 4.79 Å². The average Bonchev–Trinajstić information content (AvgIpc) is 2.80. The van der Waals surface area contributed by atoms with Crippen molar-refractivity contribution in [1.82, 2.24) is 5.32 Å². The number of carbonyl (C=O) groups is 1. The summed E-state index contributed by atoms with van der Waals surface area (Å²) in [5.74, 6) is 1.42. The van der Waals surface area contributed by atoms with Crippen molar-refractivity contribution >= 4 is 17.5 Å². The van der Waals surface area contributed by atoms with E-state index in [9.17, 15) is 4.79 Å². The van der Waals surface area contributed by atoms with E-state index < -0.39 is 0 Å². The van der Waals surface area contributed by atoms with Gasteiger partial charge in [0.2, 0.25) is 0 Å². The van der Waals surface area contributed by atoms with Crippen LogP contribution in [0.3, 0.4) is 0 Å². The second kappa shape index (κ2) is 6.10. The van der Waals surface area contributed by atoms with Crippen LogP contribution in [-0.2, 0) is 11.2 Å². The second-order valence-corrected chi connectivity index (χ2v) is 5.04. The predicted molar refractivity (Wildman–Crippen MR) is 72.1 cm³/mol. The van der Waals surface area contributed by atoms with Gasteiger partial charge in [-0.05, 0) is 31.4 Å². The third kappa shape index (κ3) is 3.16. The predicted octanol–water partition coefficient (Wildman–Crippen LogP) is 2.51. The van der Waals surface area contributed by atoms with E-state index in [4.69, 9.17) is 16.3 Å². The Bertz CT molecular complexity index is 397. The van der Waals surface area contributed by atoms with E-state index in [1.165, 1.54) is 0 Å². The lowest BCUT2D eigenvalue weighted by atomic mass is 10.1. The van der Waals surface area contributed by atoms with E-state index in [0.717, 1.165) is 24.2 Å². The third-order valence-electron chi connectivity index (χ3n) is 3.10. The SMILES string of the molecule is CC(CCCCl)NC(=O)C1Cc2ccccc2O1. The van der Waals surface area contributed by atoms with Crippen LogP contribution in [0, 0.1) is 0 Å². The highest BCUT2D eigenvalue weighted by Crippen LogP contribution is 2.28. The van der Waals surface area contributed by atoms with Gasteiger partial charge in [0.25, 0.3) is 5.91 Å². The summed E-state index contributed by atoms with van der Waals surface area (Å²) in [7, 11) is 0. The molecule has 1 N–H and O–H groups in total. The van der Waals surface area contributed by atoms with Gasteiger partial charge in [0.15, 0.2) is 6.10 Å². The topological polar surface area (TPSA) is 38.3 Å². The van der Waals surface area contributed by atoms with Crippen molar-refractivity contribution in [2.75, 3.05) is 5.88 Å². The Morgan fingerprint density at radius 3 is 3.06 bits per heavy atom. The number of fused-ring (bicyclic) bond motifs is 1. The number of benzene rings is 1. The molecule has 4 heteroatoms. The number of carbonyl (C=O) groups excluding carboxylic acids is 1. The Morgan fingerprint density at radius 1 is 1.56 bits per heavy atom. The molecule has 2 rings (SSSR count).